The second-order valence-corrected chi connectivity index (χ2v) is 10.4. The summed E-state index contributed by atoms with van der Waals surface area (Å²) in [5.74, 6) is 3.36. The number of ketones is 2. The van der Waals surface area contributed by atoms with Gasteiger partial charge in [0.25, 0.3) is 0 Å². The first-order valence-electron chi connectivity index (χ1n) is 10.4. The maximum Gasteiger partial charge on any atom is 0.155 e. The molecule has 4 aliphatic carbocycles. The predicted molar refractivity (Wildman–Crippen MR) is 100 cm³/mol. The van der Waals surface area contributed by atoms with Crippen LogP contribution in [0.15, 0.2) is 11.6 Å². The Bertz CT molecular complexity index is 661. The third-order valence-electron chi connectivity index (χ3n) is 9.66. The van der Waals surface area contributed by atoms with Crippen LogP contribution in [0, 0.1) is 39.9 Å². The van der Waals surface area contributed by atoms with Gasteiger partial charge in [-0.1, -0.05) is 33.3 Å². The van der Waals surface area contributed by atoms with Gasteiger partial charge in [-0.3, -0.25) is 9.59 Å². The number of allylic oxidation sites excluding steroid dienone is 1. The number of rotatable bonds is 1. The molecule has 7 atom stereocenters. The monoisotopic (exact) mass is 342 g/mol. The van der Waals surface area contributed by atoms with Crippen LogP contribution in [0.4, 0.5) is 0 Å². The van der Waals surface area contributed by atoms with Crippen LogP contribution >= 0.6 is 0 Å². The van der Waals surface area contributed by atoms with Gasteiger partial charge >= 0.3 is 0 Å². The Balaban J connectivity index is 1.73. The largest absolute Gasteiger partial charge is 0.299 e. The van der Waals surface area contributed by atoms with E-state index in [0.717, 1.165) is 25.2 Å². The van der Waals surface area contributed by atoms with Crippen molar-refractivity contribution in [1.29, 1.82) is 0 Å². The van der Waals surface area contributed by atoms with Gasteiger partial charge in [0.1, 0.15) is 5.78 Å². The highest BCUT2D eigenvalue weighted by Crippen LogP contribution is 2.70. The van der Waals surface area contributed by atoms with E-state index in [-0.39, 0.29) is 16.2 Å². The first kappa shape index (κ1) is 17.5. The van der Waals surface area contributed by atoms with Crippen molar-refractivity contribution in [1.82, 2.24) is 0 Å². The van der Waals surface area contributed by atoms with Crippen molar-refractivity contribution in [2.24, 2.45) is 39.9 Å². The fourth-order valence-electron chi connectivity index (χ4n) is 7.83. The van der Waals surface area contributed by atoms with Gasteiger partial charge in [0.05, 0.1) is 0 Å². The minimum absolute atomic E-state index is 0.134. The van der Waals surface area contributed by atoms with E-state index in [1.807, 2.05) is 13.0 Å². The SMILES string of the molecule is CC(=O)[C@@]1(C)CC[C@H]2[C@@H]3C[C@@H](C)C4=CC(=O)CC[C@]4(C)[C@H]3CC[C@@]21C. The Morgan fingerprint density at radius 3 is 2.44 bits per heavy atom. The molecule has 2 heteroatoms. The van der Waals surface area contributed by atoms with Crippen LogP contribution in [0.25, 0.3) is 0 Å². The Hall–Kier alpha value is -0.920. The number of fused-ring (bicyclic) bond motifs is 5. The van der Waals surface area contributed by atoms with Gasteiger partial charge in [-0.15, -0.1) is 0 Å². The van der Waals surface area contributed by atoms with Gasteiger partial charge in [-0.25, -0.2) is 0 Å². The highest BCUT2D eigenvalue weighted by atomic mass is 16.1. The topological polar surface area (TPSA) is 34.1 Å². The van der Waals surface area contributed by atoms with Crippen LogP contribution in [-0.2, 0) is 9.59 Å². The maximum atomic E-state index is 12.5. The summed E-state index contributed by atoms with van der Waals surface area (Å²) in [5, 5.41) is 0. The maximum absolute atomic E-state index is 12.5. The summed E-state index contributed by atoms with van der Waals surface area (Å²) in [6, 6.07) is 0. The first-order chi connectivity index (χ1) is 11.6. The molecule has 0 unspecified atom stereocenters. The van der Waals surface area contributed by atoms with E-state index in [4.69, 9.17) is 0 Å². The molecule has 0 radical (unpaired) electrons. The van der Waals surface area contributed by atoms with E-state index < -0.39 is 0 Å². The van der Waals surface area contributed by atoms with Gasteiger partial charge in [0.15, 0.2) is 5.78 Å². The van der Waals surface area contributed by atoms with Crippen LogP contribution in [0.2, 0.25) is 0 Å². The normalized spacial score (nSPS) is 52.0. The zero-order chi connectivity index (χ0) is 18.2. The van der Waals surface area contributed by atoms with E-state index in [1.165, 1.54) is 31.3 Å². The van der Waals surface area contributed by atoms with E-state index >= 15 is 0 Å². The van der Waals surface area contributed by atoms with Crippen molar-refractivity contribution < 1.29 is 9.59 Å². The molecule has 0 aromatic rings. The van der Waals surface area contributed by atoms with Crippen molar-refractivity contribution in [3.05, 3.63) is 11.6 Å². The summed E-state index contributed by atoms with van der Waals surface area (Å²) in [6.07, 6.45) is 9.68. The third-order valence-corrected chi connectivity index (χ3v) is 9.66. The van der Waals surface area contributed by atoms with Gasteiger partial charge in [0, 0.05) is 11.8 Å². The molecule has 0 heterocycles. The lowest BCUT2D eigenvalue weighted by Gasteiger charge is -2.60. The molecule has 2 nitrogen and oxygen atoms in total. The molecule has 0 amide bonds. The molecule has 25 heavy (non-hydrogen) atoms. The zero-order valence-electron chi connectivity index (χ0n) is 16.7. The lowest BCUT2D eigenvalue weighted by molar-refractivity contribution is -0.140. The summed E-state index contributed by atoms with van der Waals surface area (Å²) in [4.78, 5) is 24.6. The summed E-state index contributed by atoms with van der Waals surface area (Å²) in [6.45, 7) is 11.3. The van der Waals surface area contributed by atoms with Gasteiger partial charge < -0.3 is 0 Å². The van der Waals surface area contributed by atoms with Crippen LogP contribution in [-0.4, -0.2) is 11.6 Å². The standard InChI is InChI=1S/C23H34O2/c1-14-12-17-18(21(3)9-6-16(25)13-20(14)21)7-11-23(5)19(17)8-10-22(23,4)15(2)24/h13-14,17-19H,6-12H2,1-5H3/t14-,17-,18+,19+,21-,22-,23+/m1/s1. The first-order valence-corrected chi connectivity index (χ1v) is 10.4. The number of Topliss-reactive ketones (excluding diaryl/α,β-unsaturated/α-hetero) is 1. The molecule has 3 saturated carbocycles. The van der Waals surface area contributed by atoms with Crippen LogP contribution in [0.1, 0.15) is 79.6 Å². The predicted octanol–water partition coefficient (Wildman–Crippen LogP) is 5.36. The Kier molecular flexibility index (Phi) is 3.71. The summed E-state index contributed by atoms with van der Waals surface area (Å²) in [5.41, 5.74) is 1.70. The smallest absolute Gasteiger partial charge is 0.155 e. The molecule has 4 aliphatic rings. The second kappa shape index (κ2) is 5.30. The van der Waals surface area contributed by atoms with Crippen molar-refractivity contribution in [3.8, 4) is 0 Å². The molecule has 0 spiro atoms. The molecule has 3 fully saturated rings. The fraction of sp³-hybridized carbons (Fsp3) is 0.826. The molecule has 0 N–H and O–H groups in total. The molecule has 4 rings (SSSR count). The quantitative estimate of drug-likeness (QED) is 0.643. The Morgan fingerprint density at radius 2 is 1.76 bits per heavy atom. The number of hydrogen-bond donors (Lipinski definition) is 0. The lowest BCUT2D eigenvalue weighted by Crippen LogP contribution is -2.54. The molecule has 138 valence electrons. The van der Waals surface area contributed by atoms with E-state index in [1.54, 1.807) is 0 Å². The highest BCUT2D eigenvalue weighted by Gasteiger charge is 2.64. The highest BCUT2D eigenvalue weighted by molar-refractivity contribution is 5.91. The van der Waals surface area contributed by atoms with E-state index in [0.29, 0.717) is 29.3 Å². The third kappa shape index (κ3) is 2.09. The minimum Gasteiger partial charge on any atom is -0.299 e. The van der Waals surface area contributed by atoms with Gasteiger partial charge in [0.2, 0.25) is 0 Å². The summed E-state index contributed by atoms with van der Waals surface area (Å²) < 4.78 is 0. The molecule has 0 aromatic carbocycles. The van der Waals surface area contributed by atoms with Crippen LogP contribution in [0.3, 0.4) is 0 Å². The summed E-state index contributed by atoms with van der Waals surface area (Å²) in [7, 11) is 0. The van der Waals surface area contributed by atoms with Crippen molar-refractivity contribution >= 4 is 11.6 Å². The Labute approximate surface area is 152 Å². The molecule has 0 bridgehead atoms. The lowest BCUT2D eigenvalue weighted by atomic mass is 9.44. The average Bonchev–Trinajstić information content (AvgIpc) is 2.83. The number of carbonyl (C=O) groups excluding carboxylic acids is 2. The average molecular weight is 343 g/mol. The molecular weight excluding hydrogens is 308 g/mol. The minimum atomic E-state index is -0.134. The summed E-state index contributed by atoms with van der Waals surface area (Å²) >= 11 is 0. The zero-order valence-corrected chi connectivity index (χ0v) is 16.7. The number of carbonyl (C=O) groups is 2. The van der Waals surface area contributed by atoms with Crippen LogP contribution < -0.4 is 0 Å². The van der Waals surface area contributed by atoms with Gasteiger partial charge in [-0.2, -0.15) is 0 Å². The molecular formula is C23H34O2. The van der Waals surface area contributed by atoms with Gasteiger partial charge in [-0.05, 0) is 86.0 Å². The Morgan fingerprint density at radius 1 is 1.08 bits per heavy atom. The van der Waals surface area contributed by atoms with Crippen molar-refractivity contribution in [2.75, 3.05) is 0 Å². The fourth-order valence-corrected chi connectivity index (χ4v) is 7.83. The van der Waals surface area contributed by atoms with Crippen LogP contribution in [0.5, 0.6) is 0 Å². The second-order valence-electron chi connectivity index (χ2n) is 10.4. The van der Waals surface area contributed by atoms with E-state index in [9.17, 15) is 9.59 Å². The van der Waals surface area contributed by atoms with Crippen molar-refractivity contribution in [2.45, 2.75) is 79.6 Å². The molecule has 0 saturated heterocycles. The number of hydrogen-bond acceptors (Lipinski definition) is 2. The van der Waals surface area contributed by atoms with E-state index in [2.05, 4.69) is 27.7 Å². The molecule has 0 aliphatic heterocycles. The van der Waals surface area contributed by atoms with Crippen molar-refractivity contribution in [3.63, 3.8) is 0 Å². The molecule has 0 aromatic heterocycles.